The van der Waals surface area contributed by atoms with Gasteiger partial charge in [0, 0.05) is 16.8 Å². The summed E-state index contributed by atoms with van der Waals surface area (Å²) in [4.78, 5) is 32.6. The third kappa shape index (κ3) is 5.02. The highest BCUT2D eigenvalue weighted by Gasteiger charge is 2.33. The fourth-order valence-corrected chi connectivity index (χ4v) is 6.91. The van der Waals surface area contributed by atoms with Crippen LogP contribution in [0.1, 0.15) is 49.3 Å². The van der Waals surface area contributed by atoms with Gasteiger partial charge in [0.15, 0.2) is 4.80 Å². The van der Waals surface area contributed by atoms with Gasteiger partial charge in [-0.3, -0.25) is 9.36 Å². The zero-order chi connectivity index (χ0) is 30.2. The van der Waals surface area contributed by atoms with Crippen LogP contribution < -0.4 is 19.6 Å². The van der Waals surface area contributed by atoms with Crippen LogP contribution in [0.15, 0.2) is 93.9 Å². The summed E-state index contributed by atoms with van der Waals surface area (Å²) in [6.45, 7) is 10.4. The normalized spacial score (nSPS) is 15.0. The van der Waals surface area contributed by atoms with Crippen molar-refractivity contribution >= 4 is 34.2 Å². The van der Waals surface area contributed by atoms with Crippen LogP contribution in [0.3, 0.4) is 0 Å². The monoisotopic (exact) mass is 591 g/mol. The average molecular weight is 592 g/mol. The summed E-state index contributed by atoms with van der Waals surface area (Å²) in [5.41, 5.74) is 5.63. The number of fused-ring (bicyclic) bond motifs is 2. The van der Waals surface area contributed by atoms with Crippen molar-refractivity contribution in [2.75, 3.05) is 13.2 Å². The largest absolute Gasteiger partial charge is 0.494 e. The molecule has 2 aromatic heterocycles. The first-order valence-electron chi connectivity index (χ1n) is 14.4. The molecule has 0 bridgehead atoms. The van der Waals surface area contributed by atoms with Crippen molar-refractivity contribution < 1.29 is 14.3 Å². The second-order valence-corrected chi connectivity index (χ2v) is 11.5. The molecular weight excluding hydrogens is 558 g/mol. The lowest BCUT2D eigenvalue weighted by Crippen LogP contribution is -2.39. The lowest BCUT2D eigenvalue weighted by atomic mass is 9.96. The van der Waals surface area contributed by atoms with Crippen molar-refractivity contribution in [2.24, 2.45) is 4.99 Å². The van der Waals surface area contributed by atoms with Gasteiger partial charge in [0.2, 0.25) is 0 Å². The number of aromatic nitrogens is 2. The molecule has 3 aromatic carbocycles. The minimum Gasteiger partial charge on any atom is -0.494 e. The van der Waals surface area contributed by atoms with E-state index < -0.39 is 12.0 Å². The summed E-state index contributed by atoms with van der Waals surface area (Å²) in [7, 11) is 0. The molecule has 1 aliphatic heterocycles. The van der Waals surface area contributed by atoms with Crippen LogP contribution in [0.5, 0.6) is 5.75 Å². The molecule has 218 valence electrons. The number of nitrogens with zero attached hydrogens (tertiary/aromatic N) is 3. The predicted octanol–water partition coefficient (Wildman–Crippen LogP) is 5.76. The minimum absolute atomic E-state index is 0.202. The van der Waals surface area contributed by atoms with Gasteiger partial charge < -0.3 is 14.0 Å². The van der Waals surface area contributed by atoms with Gasteiger partial charge in [0.05, 0.1) is 40.7 Å². The molecule has 7 nitrogen and oxygen atoms in total. The zero-order valence-corrected chi connectivity index (χ0v) is 25.7. The van der Waals surface area contributed by atoms with E-state index in [-0.39, 0.29) is 12.2 Å². The Balaban J connectivity index is 1.51. The summed E-state index contributed by atoms with van der Waals surface area (Å²) in [5.74, 6) is 0.245. The third-order valence-corrected chi connectivity index (χ3v) is 8.77. The summed E-state index contributed by atoms with van der Waals surface area (Å²) >= 11 is 1.33. The first kappa shape index (κ1) is 28.4. The predicted molar refractivity (Wildman–Crippen MR) is 171 cm³/mol. The van der Waals surface area contributed by atoms with Crippen molar-refractivity contribution in [1.82, 2.24) is 9.13 Å². The minimum atomic E-state index is -0.670. The molecule has 0 saturated carbocycles. The summed E-state index contributed by atoms with van der Waals surface area (Å²) in [5, 5.41) is 2.33. The number of rotatable bonds is 7. The molecule has 0 fully saturated rings. The average Bonchev–Trinajstić information content (AvgIpc) is 3.46. The smallest absolute Gasteiger partial charge is 0.338 e. The molecule has 43 heavy (non-hydrogen) atoms. The van der Waals surface area contributed by atoms with Gasteiger partial charge in [0.1, 0.15) is 5.75 Å². The van der Waals surface area contributed by atoms with E-state index in [9.17, 15) is 9.59 Å². The second kappa shape index (κ2) is 11.5. The van der Waals surface area contributed by atoms with Crippen molar-refractivity contribution in [1.29, 1.82) is 0 Å². The van der Waals surface area contributed by atoms with Gasteiger partial charge >= 0.3 is 5.97 Å². The van der Waals surface area contributed by atoms with Crippen LogP contribution in [0.4, 0.5) is 0 Å². The quantitative estimate of drug-likeness (QED) is 0.226. The number of carbonyl (C=O) groups is 1. The maximum absolute atomic E-state index is 14.1. The highest BCUT2D eigenvalue weighted by atomic mass is 32.1. The molecule has 0 N–H and O–H groups in total. The highest BCUT2D eigenvalue weighted by molar-refractivity contribution is 7.07. The Kier molecular flexibility index (Phi) is 7.62. The Labute approximate surface area is 253 Å². The van der Waals surface area contributed by atoms with E-state index in [0.29, 0.717) is 27.2 Å². The lowest BCUT2D eigenvalue weighted by Gasteiger charge is -2.24. The maximum Gasteiger partial charge on any atom is 0.338 e. The topological polar surface area (TPSA) is 74.8 Å². The Morgan fingerprint density at radius 2 is 1.72 bits per heavy atom. The molecular formula is C35H33N3O4S. The number of hydrogen-bond acceptors (Lipinski definition) is 6. The fraction of sp³-hybridized carbons (Fsp3) is 0.229. The van der Waals surface area contributed by atoms with Crippen LogP contribution in [0.25, 0.3) is 22.5 Å². The second-order valence-electron chi connectivity index (χ2n) is 10.5. The molecule has 6 rings (SSSR count). The fourth-order valence-electron chi connectivity index (χ4n) is 5.87. The summed E-state index contributed by atoms with van der Waals surface area (Å²) in [6, 6.07) is 23.6. The van der Waals surface area contributed by atoms with Crippen LogP contribution in [-0.2, 0) is 9.53 Å². The van der Waals surface area contributed by atoms with E-state index in [2.05, 4.69) is 60.9 Å². The number of benzene rings is 3. The molecule has 8 heteroatoms. The highest BCUT2D eigenvalue weighted by Crippen LogP contribution is 2.32. The van der Waals surface area contributed by atoms with E-state index in [1.807, 2.05) is 43.3 Å². The van der Waals surface area contributed by atoms with Gasteiger partial charge in [-0.1, -0.05) is 59.9 Å². The first-order valence-corrected chi connectivity index (χ1v) is 15.2. The van der Waals surface area contributed by atoms with Gasteiger partial charge in [-0.15, -0.1) is 0 Å². The Morgan fingerprint density at radius 1 is 0.977 bits per heavy atom. The molecule has 0 spiro atoms. The molecule has 1 atom stereocenters. The standard InChI is InChI=1S/C35H33N3O4S/c1-6-41-27-17-15-25(16-18-27)32-31(34(40)42-7-2)22(4)36-35-38(32)33(39)30(43-35)20-26-19-21(3)37(23(26)5)29-14-10-12-24-11-8-9-13-28(24)29/h8-20,32H,6-7H2,1-5H3/b30-20+/t32-/m0/s1. The van der Waals surface area contributed by atoms with Gasteiger partial charge in [0.25, 0.3) is 5.56 Å². The van der Waals surface area contributed by atoms with Gasteiger partial charge in [-0.25, -0.2) is 9.79 Å². The summed E-state index contributed by atoms with van der Waals surface area (Å²) in [6.07, 6.45) is 1.94. The Morgan fingerprint density at radius 3 is 2.47 bits per heavy atom. The molecule has 5 aromatic rings. The molecule has 0 saturated heterocycles. The van der Waals surface area contributed by atoms with Crippen molar-refractivity contribution in [3.05, 3.63) is 126 Å². The number of allylic oxidation sites excluding steroid dienone is 1. The molecule has 3 heterocycles. The molecule has 0 amide bonds. The van der Waals surface area contributed by atoms with Crippen LogP contribution in [0, 0.1) is 13.8 Å². The molecule has 0 unspecified atom stereocenters. The van der Waals surface area contributed by atoms with Crippen molar-refractivity contribution in [2.45, 2.75) is 40.7 Å². The van der Waals surface area contributed by atoms with E-state index in [0.717, 1.165) is 39.3 Å². The maximum atomic E-state index is 14.1. The number of thiazole rings is 1. The van der Waals surface area contributed by atoms with Crippen LogP contribution >= 0.6 is 11.3 Å². The summed E-state index contributed by atoms with van der Waals surface area (Å²) < 4.78 is 15.5. The number of carbonyl (C=O) groups excluding carboxylic acids is 1. The van der Waals surface area contributed by atoms with E-state index in [1.165, 1.54) is 16.7 Å². The van der Waals surface area contributed by atoms with Crippen molar-refractivity contribution in [3.63, 3.8) is 0 Å². The number of esters is 1. The Hall–Kier alpha value is -4.69. The van der Waals surface area contributed by atoms with E-state index >= 15 is 0 Å². The number of aryl methyl sites for hydroxylation is 1. The lowest BCUT2D eigenvalue weighted by molar-refractivity contribution is -0.139. The van der Waals surface area contributed by atoms with Crippen LogP contribution in [0.2, 0.25) is 0 Å². The van der Waals surface area contributed by atoms with Gasteiger partial charge in [-0.05, 0) is 81.5 Å². The first-order chi connectivity index (χ1) is 20.8. The number of hydrogen-bond donors (Lipinski definition) is 0. The van der Waals surface area contributed by atoms with E-state index in [4.69, 9.17) is 14.5 Å². The molecule has 0 aliphatic carbocycles. The van der Waals surface area contributed by atoms with Crippen molar-refractivity contribution in [3.8, 4) is 11.4 Å². The number of ether oxygens (including phenoxy) is 2. The Bertz CT molecular complexity index is 2070. The molecule has 0 radical (unpaired) electrons. The third-order valence-electron chi connectivity index (χ3n) is 7.79. The molecule has 1 aliphatic rings. The van der Waals surface area contributed by atoms with Crippen LogP contribution in [-0.4, -0.2) is 28.3 Å². The van der Waals surface area contributed by atoms with Gasteiger partial charge in [-0.2, -0.15) is 0 Å². The SMILES string of the molecule is CCOC(=O)C1=C(C)N=c2s/c(=C/c3cc(C)n(-c4cccc5ccccc45)c3C)c(=O)n2[C@H]1c1ccc(OCC)cc1. The zero-order valence-electron chi connectivity index (χ0n) is 24.9. The van der Waals surface area contributed by atoms with E-state index in [1.54, 1.807) is 18.4 Å².